The molecule has 1 amide bonds. The minimum atomic E-state index is -0.336. The van der Waals surface area contributed by atoms with Gasteiger partial charge in [0, 0.05) is 57.2 Å². The van der Waals surface area contributed by atoms with Crippen LogP contribution in [0, 0.1) is 0 Å². The van der Waals surface area contributed by atoms with Gasteiger partial charge in [-0.2, -0.15) is 0 Å². The van der Waals surface area contributed by atoms with Crippen molar-refractivity contribution in [2.45, 2.75) is 38.6 Å². The summed E-state index contributed by atoms with van der Waals surface area (Å²) < 4.78 is 0. The van der Waals surface area contributed by atoms with Crippen molar-refractivity contribution in [3.8, 4) is 0 Å². The van der Waals surface area contributed by atoms with Gasteiger partial charge in [-0.15, -0.1) is 5.06 Å². The molecule has 7 nitrogen and oxygen atoms in total. The normalized spacial score (nSPS) is 21.9. The molecule has 1 aromatic rings. The van der Waals surface area contributed by atoms with Gasteiger partial charge in [-0.1, -0.05) is 6.92 Å². The molecule has 3 heterocycles. The number of hydrogen-bond acceptors (Lipinski definition) is 6. The number of amides is 1. The van der Waals surface area contributed by atoms with Crippen molar-refractivity contribution in [3.63, 3.8) is 0 Å². The van der Waals surface area contributed by atoms with E-state index in [0.29, 0.717) is 26.1 Å². The fourth-order valence-electron chi connectivity index (χ4n) is 3.41. The molecule has 1 aromatic heterocycles. The van der Waals surface area contributed by atoms with Crippen LogP contribution in [-0.2, 0) is 14.4 Å². The molecule has 0 spiro atoms. The van der Waals surface area contributed by atoms with Crippen molar-refractivity contribution < 1.29 is 14.4 Å². The predicted molar refractivity (Wildman–Crippen MR) is 93.8 cm³/mol. The zero-order valence-corrected chi connectivity index (χ0v) is 14.8. The van der Waals surface area contributed by atoms with E-state index in [1.807, 2.05) is 17.0 Å². The SMILES string of the molecule is CCC(=O)ON1CCCCC1C(=O)N1CCN(c2ccncc2)CC1. The molecule has 0 aliphatic carbocycles. The van der Waals surface area contributed by atoms with E-state index in [0.717, 1.165) is 38.0 Å². The van der Waals surface area contributed by atoms with Gasteiger partial charge in [0.2, 0.25) is 5.91 Å². The molecule has 136 valence electrons. The van der Waals surface area contributed by atoms with Crippen molar-refractivity contribution >= 4 is 17.6 Å². The molecule has 0 N–H and O–H groups in total. The first kappa shape index (κ1) is 17.7. The Morgan fingerprint density at radius 2 is 1.84 bits per heavy atom. The fraction of sp³-hybridized carbons (Fsp3) is 0.611. The molecule has 2 saturated heterocycles. The average Bonchev–Trinajstić information content (AvgIpc) is 2.68. The maximum atomic E-state index is 12.9. The molecule has 7 heteroatoms. The summed E-state index contributed by atoms with van der Waals surface area (Å²) in [5.41, 5.74) is 1.14. The Labute approximate surface area is 148 Å². The van der Waals surface area contributed by atoms with E-state index in [1.165, 1.54) is 0 Å². The summed E-state index contributed by atoms with van der Waals surface area (Å²) in [6.07, 6.45) is 6.59. The van der Waals surface area contributed by atoms with Crippen molar-refractivity contribution in [3.05, 3.63) is 24.5 Å². The molecule has 25 heavy (non-hydrogen) atoms. The number of nitrogens with zero attached hydrogens (tertiary/aromatic N) is 4. The molecule has 1 atom stereocenters. The highest BCUT2D eigenvalue weighted by molar-refractivity contribution is 5.82. The van der Waals surface area contributed by atoms with E-state index in [9.17, 15) is 9.59 Å². The van der Waals surface area contributed by atoms with Crippen LogP contribution in [0.25, 0.3) is 0 Å². The number of hydrogen-bond donors (Lipinski definition) is 0. The van der Waals surface area contributed by atoms with Crippen LogP contribution in [0.5, 0.6) is 0 Å². The van der Waals surface area contributed by atoms with Gasteiger partial charge in [0.1, 0.15) is 6.04 Å². The van der Waals surface area contributed by atoms with E-state index in [4.69, 9.17) is 4.84 Å². The molecule has 0 aromatic carbocycles. The molecule has 0 saturated carbocycles. The third kappa shape index (κ3) is 4.28. The first-order chi connectivity index (χ1) is 12.2. The lowest BCUT2D eigenvalue weighted by Crippen LogP contribution is -2.56. The zero-order chi connectivity index (χ0) is 17.6. The van der Waals surface area contributed by atoms with Crippen molar-refractivity contribution in [2.75, 3.05) is 37.6 Å². The summed E-state index contributed by atoms with van der Waals surface area (Å²) >= 11 is 0. The number of hydroxylamine groups is 2. The molecule has 1 unspecified atom stereocenters. The first-order valence-electron chi connectivity index (χ1n) is 9.10. The van der Waals surface area contributed by atoms with Crippen LogP contribution < -0.4 is 4.90 Å². The van der Waals surface area contributed by atoms with Crippen molar-refractivity contribution in [1.29, 1.82) is 0 Å². The lowest BCUT2D eigenvalue weighted by atomic mass is 10.0. The quantitative estimate of drug-likeness (QED) is 0.822. The highest BCUT2D eigenvalue weighted by Crippen LogP contribution is 2.21. The van der Waals surface area contributed by atoms with Crippen LogP contribution in [0.15, 0.2) is 24.5 Å². The topological polar surface area (TPSA) is 66.0 Å². The maximum absolute atomic E-state index is 12.9. The number of piperidine rings is 1. The number of anilines is 1. The molecular weight excluding hydrogens is 320 g/mol. The van der Waals surface area contributed by atoms with Gasteiger partial charge in [0.25, 0.3) is 0 Å². The van der Waals surface area contributed by atoms with Crippen molar-refractivity contribution in [1.82, 2.24) is 14.9 Å². The van der Waals surface area contributed by atoms with Crippen LogP contribution in [0.2, 0.25) is 0 Å². The Morgan fingerprint density at radius 1 is 1.12 bits per heavy atom. The van der Waals surface area contributed by atoms with E-state index in [-0.39, 0.29) is 17.9 Å². The summed E-state index contributed by atoms with van der Waals surface area (Å²) in [6.45, 7) is 5.38. The van der Waals surface area contributed by atoms with Crippen molar-refractivity contribution in [2.24, 2.45) is 0 Å². The number of carbonyl (C=O) groups is 2. The predicted octanol–water partition coefficient (Wildman–Crippen LogP) is 1.45. The Balaban J connectivity index is 1.58. The smallest absolute Gasteiger partial charge is 0.324 e. The number of rotatable bonds is 4. The van der Waals surface area contributed by atoms with Crippen LogP contribution >= 0.6 is 0 Å². The first-order valence-corrected chi connectivity index (χ1v) is 9.10. The second kappa shape index (κ2) is 8.29. The van der Waals surface area contributed by atoms with Gasteiger partial charge in [-0.25, -0.2) is 0 Å². The number of carbonyl (C=O) groups excluding carboxylic acids is 2. The van der Waals surface area contributed by atoms with Gasteiger partial charge in [-0.3, -0.25) is 14.6 Å². The number of piperazine rings is 1. The molecule has 2 aliphatic heterocycles. The standard InChI is InChI=1S/C18H26N4O3/c1-2-17(23)25-22-10-4-3-5-16(22)18(24)21-13-11-20(12-14-21)15-6-8-19-9-7-15/h6-9,16H,2-5,10-14H2,1H3. The van der Waals surface area contributed by atoms with Crippen LogP contribution in [-0.4, -0.2) is 65.6 Å². The number of aromatic nitrogens is 1. The molecule has 0 bridgehead atoms. The molecule has 2 aliphatic rings. The third-order valence-corrected chi connectivity index (χ3v) is 4.87. The van der Waals surface area contributed by atoms with Gasteiger partial charge >= 0.3 is 5.97 Å². The van der Waals surface area contributed by atoms with E-state index >= 15 is 0 Å². The molecule has 2 fully saturated rings. The summed E-state index contributed by atoms with van der Waals surface area (Å²) in [5.74, 6) is -0.194. The summed E-state index contributed by atoms with van der Waals surface area (Å²) in [7, 11) is 0. The minimum absolute atomic E-state index is 0.0815. The fourth-order valence-corrected chi connectivity index (χ4v) is 3.41. The van der Waals surface area contributed by atoms with E-state index in [2.05, 4.69) is 9.88 Å². The third-order valence-electron chi connectivity index (χ3n) is 4.87. The van der Waals surface area contributed by atoms with E-state index < -0.39 is 0 Å². The van der Waals surface area contributed by atoms with Gasteiger partial charge in [-0.05, 0) is 31.4 Å². The Bertz CT molecular complexity index is 587. The highest BCUT2D eigenvalue weighted by Gasteiger charge is 2.35. The van der Waals surface area contributed by atoms with Gasteiger partial charge in [0.15, 0.2) is 0 Å². The van der Waals surface area contributed by atoms with Gasteiger partial charge < -0.3 is 14.6 Å². The van der Waals surface area contributed by atoms with Crippen LogP contribution in [0.3, 0.4) is 0 Å². The monoisotopic (exact) mass is 346 g/mol. The second-order valence-electron chi connectivity index (χ2n) is 6.49. The Kier molecular flexibility index (Phi) is 5.86. The lowest BCUT2D eigenvalue weighted by Gasteiger charge is -2.40. The highest BCUT2D eigenvalue weighted by atomic mass is 16.7. The average molecular weight is 346 g/mol. The van der Waals surface area contributed by atoms with E-state index in [1.54, 1.807) is 24.4 Å². The Hall–Kier alpha value is -2.15. The zero-order valence-electron chi connectivity index (χ0n) is 14.8. The Morgan fingerprint density at radius 3 is 2.52 bits per heavy atom. The largest absolute Gasteiger partial charge is 0.368 e. The maximum Gasteiger partial charge on any atom is 0.324 e. The van der Waals surface area contributed by atoms with Crippen LogP contribution in [0.1, 0.15) is 32.6 Å². The minimum Gasteiger partial charge on any atom is -0.368 e. The number of pyridine rings is 1. The summed E-state index contributed by atoms with van der Waals surface area (Å²) in [4.78, 5) is 38.2. The molecule has 3 rings (SSSR count). The lowest BCUT2D eigenvalue weighted by molar-refractivity contribution is -0.210. The summed E-state index contributed by atoms with van der Waals surface area (Å²) in [6, 6.07) is 3.64. The van der Waals surface area contributed by atoms with Crippen LogP contribution in [0.4, 0.5) is 5.69 Å². The summed E-state index contributed by atoms with van der Waals surface area (Å²) in [5, 5.41) is 1.60. The second-order valence-corrected chi connectivity index (χ2v) is 6.49. The van der Waals surface area contributed by atoms with Gasteiger partial charge in [0.05, 0.1) is 0 Å². The molecule has 0 radical (unpaired) electrons. The molecular formula is C18H26N4O3.